The van der Waals surface area contributed by atoms with Crippen molar-refractivity contribution in [3.05, 3.63) is 35.9 Å². The second-order valence-electron chi connectivity index (χ2n) is 1.58. The van der Waals surface area contributed by atoms with Crippen LogP contribution in [0, 0.1) is 6.07 Å². The van der Waals surface area contributed by atoms with Gasteiger partial charge in [0.15, 0.2) is 0 Å². The Morgan fingerprint density at radius 3 is 2.67 bits per heavy atom. The maximum atomic E-state index is 8.08. The standard InChI is InChI=1S/C7H6NO/c9-8-6-7-4-2-1-3-5-7/h2-6,9H. The van der Waals surface area contributed by atoms with Crippen LogP contribution in [0.15, 0.2) is 29.4 Å². The second-order valence-corrected chi connectivity index (χ2v) is 1.58. The van der Waals surface area contributed by atoms with Crippen molar-refractivity contribution in [2.75, 3.05) is 0 Å². The molecule has 1 rings (SSSR count). The van der Waals surface area contributed by atoms with Crippen molar-refractivity contribution in [2.45, 2.75) is 0 Å². The molecule has 1 N–H and O–H groups in total. The first-order valence-corrected chi connectivity index (χ1v) is 2.57. The minimum Gasteiger partial charge on any atom is -0.411 e. The molecule has 0 bridgehead atoms. The van der Waals surface area contributed by atoms with Gasteiger partial charge in [-0.15, -0.1) is 0 Å². The Labute approximate surface area is 53.4 Å². The van der Waals surface area contributed by atoms with E-state index in [1.54, 1.807) is 24.3 Å². The van der Waals surface area contributed by atoms with E-state index in [1.165, 1.54) is 6.21 Å². The summed E-state index contributed by atoms with van der Waals surface area (Å²) in [7, 11) is 0. The first-order valence-electron chi connectivity index (χ1n) is 2.57. The number of benzene rings is 1. The van der Waals surface area contributed by atoms with Gasteiger partial charge in [0.1, 0.15) is 0 Å². The van der Waals surface area contributed by atoms with Crippen LogP contribution >= 0.6 is 0 Å². The molecule has 1 aromatic rings. The molecule has 0 aliphatic rings. The van der Waals surface area contributed by atoms with E-state index in [0.717, 1.165) is 5.56 Å². The fraction of sp³-hybridized carbons (Fsp3) is 0. The molecule has 0 atom stereocenters. The van der Waals surface area contributed by atoms with Crippen LogP contribution in [0.25, 0.3) is 0 Å². The summed E-state index contributed by atoms with van der Waals surface area (Å²) in [6.07, 6.45) is 1.37. The Morgan fingerprint density at radius 1 is 1.44 bits per heavy atom. The summed E-state index contributed by atoms with van der Waals surface area (Å²) in [5, 5.41) is 10.9. The lowest BCUT2D eigenvalue weighted by Gasteiger charge is -1.84. The molecule has 2 nitrogen and oxygen atoms in total. The first-order chi connectivity index (χ1) is 4.43. The predicted molar refractivity (Wildman–Crippen MR) is 34.7 cm³/mol. The van der Waals surface area contributed by atoms with Gasteiger partial charge >= 0.3 is 0 Å². The van der Waals surface area contributed by atoms with E-state index in [0.29, 0.717) is 0 Å². The molecule has 0 saturated heterocycles. The molecule has 2 heteroatoms. The molecule has 0 aliphatic heterocycles. The Balaban J connectivity index is 2.85. The van der Waals surface area contributed by atoms with Crippen molar-refractivity contribution in [1.29, 1.82) is 0 Å². The smallest absolute Gasteiger partial charge is 0.0733 e. The number of nitrogens with zero attached hydrogens (tertiary/aromatic N) is 1. The molecule has 9 heavy (non-hydrogen) atoms. The van der Waals surface area contributed by atoms with Crippen molar-refractivity contribution in [1.82, 2.24) is 0 Å². The highest BCUT2D eigenvalue weighted by molar-refractivity contribution is 5.78. The van der Waals surface area contributed by atoms with Crippen LogP contribution in [0.5, 0.6) is 0 Å². The zero-order valence-electron chi connectivity index (χ0n) is 4.78. The summed E-state index contributed by atoms with van der Waals surface area (Å²) in [6, 6.07) is 9.98. The summed E-state index contributed by atoms with van der Waals surface area (Å²) in [4.78, 5) is 0. The number of oxime groups is 1. The third kappa shape index (κ3) is 1.57. The Kier molecular flexibility index (Phi) is 1.85. The lowest BCUT2D eigenvalue weighted by molar-refractivity contribution is 0.322. The van der Waals surface area contributed by atoms with Gasteiger partial charge in [0.05, 0.1) is 6.21 Å². The zero-order valence-corrected chi connectivity index (χ0v) is 4.78. The van der Waals surface area contributed by atoms with Gasteiger partial charge in [0.2, 0.25) is 0 Å². The van der Waals surface area contributed by atoms with Crippen molar-refractivity contribution in [3.8, 4) is 0 Å². The normalized spacial score (nSPS) is 10.2. The Morgan fingerprint density at radius 2 is 2.11 bits per heavy atom. The van der Waals surface area contributed by atoms with E-state index >= 15 is 0 Å². The number of hydrogen-bond donors (Lipinski definition) is 1. The van der Waals surface area contributed by atoms with Gasteiger partial charge in [-0.2, -0.15) is 0 Å². The molecule has 0 aliphatic carbocycles. The topological polar surface area (TPSA) is 32.6 Å². The van der Waals surface area contributed by atoms with E-state index in [-0.39, 0.29) is 0 Å². The second kappa shape index (κ2) is 2.87. The molecule has 45 valence electrons. The third-order valence-electron chi connectivity index (χ3n) is 0.951. The minimum absolute atomic E-state index is 0.872. The molecular formula is C7H6NO. The van der Waals surface area contributed by atoms with Crippen LogP contribution in [0.4, 0.5) is 0 Å². The summed E-state index contributed by atoms with van der Waals surface area (Å²) in [5.41, 5.74) is 0.872. The quantitative estimate of drug-likeness (QED) is 0.338. The van der Waals surface area contributed by atoms with Crippen LogP contribution in [0.1, 0.15) is 5.56 Å². The molecule has 0 spiro atoms. The van der Waals surface area contributed by atoms with Gasteiger partial charge < -0.3 is 5.21 Å². The minimum atomic E-state index is 0.872. The Hall–Kier alpha value is -1.31. The van der Waals surface area contributed by atoms with Crippen LogP contribution in [-0.2, 0) is 0 Å². The number of hydrogen-bond acceptors (Lipinski definition) is 2. The molecule has 1 aromatic carbocycles. The molecule has 0 unspecified atom stereocenters. The lowest BCUT2D eigenvalue weighted by atomic mass is 10.2. The maximum absolute atomic E-state index is 8.08. The molecular weight excluding hydrogens is 114 g/mol. The summed E-state index contributed by atoms with van der Waals surface area (Å²) in [6.45, 7) is 0. The zero-order chi connectivity index (χ0) is 6.53. The van der Waals surface area contributed by atoms with Gasteiger partial charge in [0.25, 0.3) is 0 Å². The largest absolute Gasteiger partial charge is 0.411 e. The predicted octanol–water partition coefficient (Wildman–Crippen LogP) is 1.29. The SMILES string of the molecule is ON=Cc1cc[c]cc1. The van der Waals surface area contributed by atoms with Crippen molar-refractivity contribution in [2.24, 2.45) is 5.16 Å². The van der Waals surface area contributed by atoms with E-state index in [2.05, 4.69) is 11.2 Å². The van der Waals surface area contributed by atoms with Crippen LogP contribution in [0.2, 0.25) is 0 Å². The summed E-state index contributed by atoms with van der Waals surface area (Å²) in [5.74, 6) is 0. The summed E-state index contributed by atoms with van der Waals surface area (Å²) < 4.78 is 0. The highest BCUT2D eigenvalue weighted by atomic mass is 16.4. The van der Waals surface area contributed by atoms with E-state index in [9.17, 15) is 0 Å². The highest BCUT2D eigenvalue weighted by Crippen LogP contribution is 1.91. The molecule has 0 amide bonds. The van der Waals surface area contributed by atoms with Gasteiger partial charge in [-0.3, -0.25) is 0 Å². The molecule has 1 radical (unpaired) electrons. The van der Waals surface area contributed by atoms with Crippen molar-refractivity contribution < 1.29 is 5.21 Å². The van der Waals surface area contributed by atoms with Crippen LogP contribution in [-0.4, -0.2) is 11.4 Å². The fourth-order valence-electron chi connectivity index (χ4n) is 0.553. The van der Waals surface area contributed by atoms with E-state index in [1.807, 2.05) is 0 Å². The average Bonchev–Trinajstić information content (AvgIpc) is 1.91. The van der Waals surface area contributed by atoms with Gasteiger partial charge in [-0.1, -0.05) is 29.4 Å². The highest BCUT2D eigenvalue weighted by Gasteiger charge is 1.80. The lowest BCUT2D eigenvalue weighted by Crippen LogP contribution is -1.76. The van der Waals surface area contributed by atoms with E-state index in [4.69, 9.17) is 5.21 Å². The Bertz CT molecular complexity index is 193. The fourth-order valence-corrected chi connectivity index (χ4v) is 0.553. The van der Waals surface area contributed by atoms with Gasteiger partial charge in [-0.05, 0) is 11.6 Å². The number of rotatable bonds is 1. The molecule has 0 heterocycles. The van der Waals surface area contributed by atoms with Crippen molar-refractivity contribution in [3.63, 3.8) is 0 Å². The third-order valence-corrected chi connectivity index (χ3v) is 0.951. The van der Waals surface area contributed by atoms with Crippen molar-refractivity contribution >= 4 is 6.21 Å². The van der Waals surface area contributed by atoms with Crippen LogP contribution in [0.3, 0.4) is 0 Å². The molecule has 0 fully saturated rings. The average molecular weight is 120 g/mol. The summed E-state index contributed by atoms with van der Waals surface area (Å²) >= 11 is 0. The van der Waals surface area contributed by atoms with Crippen LogP contribution < -0.4 is 0 Å². The van der Waals surface area contributed by atoms with Gasteiger partial charge in [0, 0.05) is 0 Å². The molecule has 0 saturated carbocycles. The maximum Gasteiger partial charge on any atom is 0.0733 e. The monoisotopic (exact) mass is 120 g/mol. The van der Waals surface area contributed by atoms with E-state index < -0.39 is 0 Å². The molecule has 0 aromatic heterocycles. The van der Waals surface area contributed by atoms with Gasteiger partial charge in [-0.25, -0.2) is 0 Å². The first kappa shape index (κ1) is 5.82.